The van der Waals surface area contributed by atoms with Gasteiger partial charge in [0.1, 0.15) is 0 Å². The molecule has 4 unspecified atom stereocenters. The molecule has 1 aliphatic heterocycles. The topological polar surface area (TPSA) is 32.3 Å². The number of urea groups is 1. The number of nitrogens with zero attached hydrogens (tertiary/aromatic N) is 1. The van der Waals surface area contributed by atoms with Crippen LogP contribution < -0.4 is 5.32 Å². The van der Waals surface area contributed by atoms with Gasteiger partial charge in [0.2, 0.25) is 0 Å². The quantitative estimate of drug-likeness (QED) is 0.653. The molecule has 0 bridgehead atoms. The molecule has 5 heteroatoms. The lowest BCUT2D eigenvalue weighted by molar-refractivity contribution is 0.157. The fraction of sp³-hybridized carbons (Fsp3) is 0.632. The molecule has 2 amide bonds. The lowest BCUT2D eigenvalue weighted by Gasteiger charge is -2.34. The first-order chi connectivity index (χ1) is 11.6. The number of halogens is 2. The number of hydrogen-bond donors (Lipinski definition) is 1. The molecule has 3 aliphatic rings. The number of carbonyl (C=O) groups excluding carboxylic acids is 1. The van der Waals surface area contributed by atoms with Crippen molar-refractivity contribution in [1.29, 1.82) is 0 Å². The molecule has 1 aromatic rings. The summed E-state index contributed by atoms with van der Waals surface area (Å²) in [7, 11) is 0. The lowest BCUT2D eigenvalue weighted by atomic mass is 9.73. The Hall–Kier alpha value is -0.930. The van der Waals surface area contributed by atoms with Crippen molar-refractivity contribution >= 4 is 34.9 Å². The van der Waals surface area contributed by atoms with Gasteiger partial charge in [0.15, 0.2) is 0 Å². The molecule has 2 saturated carbocycles. The van der Waals surface area contributed by atoms with Crippen molar-refractivity contribution in [2.45, 2.75) is 63.5 Å². The predicted molar refractivity (Wildman–Crippen MR) is 98.8 cm³/mol. The number of anilines is 1. The number of rotatable bonds is 1. The number of amides is 2. The van der Waals surface area contributed by atoms with Crippen LogP contribution in [0.3, 0.4) is 0 Å². The average Bonchev–Trinajstić information content (AvgIpc) is 2.93. The normalized spacial score (nSPS) is 32.2. The zero-order chi connectivity index (χ0) is 16.7. The fourth-order valence-corrected chi connectivity index (χ4v) is 5.58. The standard InChI is InChI=1S/C19H24Cl2N2O/c20-15-10-9-12(11-16(15)21)22-19(24)23-17-7-3-1-5-13(17)14-6-2-4-8-18(14)23/h9-11,13-14,17-18H,1-8H2,(H,22,24). The molecule has 4 rings (SSSR count). The van der Waals surface area contributed by atoms with Crippen LogP contribution in [-0.4, -0.2) is 23.0 Å². The van der Waals surface area contributed by atoms with Gasteiger partial charge in [-0.1, -0.05) is 48.9 Å². The molecule has 0 spiro atoms. The Balaban J connectivity index is 1.56. The van der Waals surface area contributed by atoms with E-state index < -0.39 is 0 Å². The van der Waals surface area contributed by atoms with Gasteiger partial charge in [-0.15, -0.1) is 0 Å². The Labute approximate surface area is 153 Å². The molecule has 0 radical (unpaired) electrons. The summed E-state index contributed by atoms with van der Waals surface area (Å²) in [5.74, 6) is 1.42. The molecule has 1 aromatic carbocycles. The van der Waals surface area contributed by atoms with Crippen LogP contribution >= 0.6 is 23.2 Å². The minimum atomic E-state index is 0.0414. The van der Waals surface area contributed by atoms with E-state index in [2.05, 4.69) is 10.2 Å². The molecule has 3 fully saturated rings. The minimum absolute atomic E-state index is 0.0414. The molecule has 0 aromatic heterocycles. The first-order valence-corrected chi connectivity index (χ1v) is 9.95. The average molecular weight is 367 g/mol. The molecular formula is C19H24Cl2N2O. The first-order valence-electron chi connectivity index (χ1n) is 9.19. The number of nitrogens with one attached hydrogen (secondary N) is 1. The van der Waals surface area contributed by atoms with Crippen LogP contribution in [0.2, 0.25) is 10.0 Å². The summed E-state index contributed by atoms with van der Waals surface area (Å²) >= 11 is 12.1. The molecule has 1 saturated heterocycles. The third-order valence-corrected chi connectivity index (χ3v) is 6.97. The van der Waals surface area contributed by atoms with Crippen molar-refractivity contribution in [2.24, 2.45) is 11.8 Å². The van der Waals surface area contributed by atoms with Crippen molar-refractivity contribution in [3.63, 3.8) is 0 Å². The smallest absolute Gasteiger partial charge is 0.318 e. The van der Waals surface area contributed by atoms with E-state index in [1.807, 2.05) is 6.07 Å². The second-order valence-corrected chi connectivity index (χ2v) is 8.31. The van der Waals surface area contributed by atoms with Crippen LogP contribution in [0.4, 0.5) is 10.5 Å². The van der Waals surface area contributed by atoms with E-state index in [1.165, 1.54) is 38.5 Å². The molecule has 130 valence electrons. The zero-order valence-corrected chi connectivity index (χ0v) is 15.3. The third kappa shape index (κ3) is 2.90. The van der Waals surface area contributed by atoms with Crippen LogP contribution in [0.25, 0.3) is 0 Å². The van der Waals surface area contributed by atoms with Crippen LogP contribution in [0.1, 0.15) is 51.4 Å². The van der Waals surface area contributed by atoms with Gasteiger partial charge in [-0.05, 0) is 55.7 Å². The van der Waals surface area contributed by atoms with Gasteiger partial charge in [-0.2, -0.15) is 0 Å². The Morgan fingerprint density at radius 3 is 2.08 bits per heavy atom. The van der Waals surface area contributed by atoms with E-state index in [9.17, 15) is 4.79 Å². The Bertz CT molecular complexity index is 614. The highest BCUT2D eigenvalue weighted by molar-refractivity contribution is 6.42. The SMILES string of the molecule is O=C(Nc1ccc(Cl)c(Cl)c1)N1C2CCCCC2C2CCCCC21. The van der Waals surface area contributed by atoms with Gasteiger partial charge >= 0.3 is 6.03 Å². The van der Waals surface area contributed by atoms with Crippen LogP contribution in [0, 0.1) is 11.8 Å². The summed E-state index contributed by atoms with van der Waals surface area (Å²) in [6.45, 7) is 0. The van der Waals surface area contributed by atoms with E-state index in [4.69, 9.17) is 23.2 Å². The Kier molecular flexibility index (Phi) is 4.66. The summed E-state index contributed by atoms with van der Waals surface area (Å²) < 4.78 is 0. The maximum atomic E-state index is 13.1. The number of hydrogen-bond acceptors (Lipinski definition) is 1. The summed E-state index contributed by atoms with van der Waals surface area (Å²) in [4.78, 5) is 15.3. The van der Waals surface area contributed by atoms with E-state index in [0.717, 1.165) is 18.5 Å². The maximum absolute atomic E-state index is 13.1. The molecule has 4 atom stereocenters. The number of likely N-dealkylation sites (tertiary alicyclic amines) is 1. The summed E-state index contributed by atoms with van der Waals surface area (Å²) in [5, 5.41) is 4.05. The predicted octanol–water partition coefficient (Wildman–Crippen LogP) is 5.96. The van der Waals surface area contributed by atoms with Gasteiger partial charge < -0.3 is 10.2 Å². The monoisotopic (exact) mass is 366 g/mol. The van der Waals surface area contributed by atoms with Gasteiger partial charge in [0, 0.05) is 17.8 Å². The highest BCUT2D eigenvalue weighted by Gasteiger charge is 2.51. The van der Waals surface area contributed by atoms with Crippen LogP contribution in [-0.2, 0) is 0 Å². The van der Waals surface area contributed by atoms with Gasteiger partial charge in [-0.25, -0.2) is 4.79 Å². The number of fused-ring (bicyclic) bond motifs is 3. The van der Waals surface area contributed by atoms with Gasteiger partial charge in [0.25, 0.3) is 0 Å². The third-order valence-electron chi connectivity index (χ3n) is 6.23. The van der Waals surface area contributed by atoms with Gasteiger partial charge in [-0.3, -0.25) is 0 Å². The Morgan fingerprint density at radius 2 is 1.50 bits per heavy atom. The molecule has 1 heterocycles. The lowest BCUT2D eigenvalue weighted by Crippen LogP contribution is -2.46. The van der Waals surface area contributed by atoms with Crippen molar-refractivity contribution < 1.29 is 4.79 Å². The largest absolute Gasteiger partial charge is 0.322 e. The number of benzene rings is 1. The molecule has 3 nitrogen and oxygen atoms in total. The summed E-state index contributed by atoms with van der Waals surface area (Å²) in [5.41, 5.74) is 0.723. The van der Waals surface area contributed by atoms with E-state index >= 15 is 0 Å². The van der Waals surface area contributed by atoms with Crippen molar-refractivity contribution in [3.8, 4) is 0 Å². The van der Waals surface area contributed by atoms with E-state index in [0.29, 0.717) is 34.0 Å². The minimum Gasteiger partial charge on any atom is -0.318 e. The van der Waals surface area contributed by atoms with Crippen LogP contribution in [0.15, 0.2) is 18.2 Å². The number of carbonyl (C=O) groups is 1. The second-order valence-electron chi connectivity index (χ2n) is 7.50. The molecular weight excluding hydrogens is 343 g/mol. The van der Waals surface area contributed by atoms with Crippen molar-refractivity contribution in [2.75, 3.05) is 5.32 Å². The van der Waals surface area contributed by atoms with Gasteiger partial charge in [0.05, 0.1) is 10.0 Å². The van der Waals surface area contributed by atoms with Crippen molar-refractivity contribution in [1.82, 2.24) is 4.90 Å². The van der Waals surface area contributed by atoms with Crippen LogP contribution in [0.5, 0.6) is 0 Å². The highest BCUT2D eigenvalue weighted by atomic mass is 35.5. The second kappa shape index (κ2) is 6.76. The van der Waals surface area contributed by atoms with Crippen molar-refractivity contribution in [3.05, 3.63) is 28.2 Å². The maximum Gasteiger partial charge on any atom is 0.322 e. The summed E-state index contributed by atoms with van der Waals surface area (Å²) in [6.07, 6.45) is 10.1. The molecule has 1 N–H and O–H groups in total. The van der Waals surface area contributed by atoms with E-state index in [-0.39, 0.29) is 6.03 Å². The highest BCUT2D eigenvalue weighted by Crippen LogP contribution is 2.49. The summed E-state index contributed by atoms with van der Waals surface area (Å²) in [6, 6.07) is 6.17. The first kappa shape index (κ1) is 16.5. The van der Waals surface area contributed by atoms with E-state index in [1.54, 1.807) is 12.1 Å². The fourth-order valence-electron chi connectivity index (χ4n) is 5.28. The zero-order valence-electron chi connectivity index (χ0n) is 13.8. The Morgan fingerprint density at radius 1 is 0.917 bits per heavy atom. The molecule has 24 heavy (non-hydrogen) atoms. The molecule has 2 aliphatic carbocycles.